The number of amides is 2. The Kier molecular flexibility index (Phi) is 5.24. The van der Waals surface area contributed by atoms with Gasteiger partial charge in [-0.25, -0.2) is 4.57 Å². The standard InChI is InChI=1S/C15H18N4O3/c1-11-10-13(18-22-11)15(21)17-7-3-6-16-14(20)12-4-8-19(2)9-5-12/h4-5,8-10H,3,6-7H2,1-2H3,(H-,16,17,20,21)/p+1. The highest BCUT2D eigenvalue weighted by atomic mass is 16.5. The van der Waals surface area contributed by atoms with E-state index in [1.54, 1.807) is 25.1 Å². The third kappa shape index (κ3) is 4.41. The Bertz CT molecular complexity index is 649. The molecule has 0 fully saturated rings. The van der Waals surface area contributed by atoms with Gasteiger partial charge in [0, 0.05) is 31.3 Å². The molecule has 0 aliphatic heterocycles. The lowest BCUT2D eigenvalue weighted by Crippen LogP contribution is -2.31. The second-order valence-electron chi connectivity index (χ2n) is 4.94. The lowest BCUT2D eigenvalue weighted by molar-refractivity contribution is -0.671. The van der Waals surface area contributed by atoms with Crippen LogP contribution in [-0.4, -0.2) is 30.1 Å². The van der Waals surface area contributed by atoms with Crippen molar-refractivity contribution >= 4 is 11.8 Å². The molecule has 7 heteroatoms. The van der Waals surface area contributed by atoms with Gasteiger partial charge in [-0.15, -0.1) is 0 Å². The first kappa shape index (κ1) is 15.7. The van der Waals surface area contributed by atoms with Gasteiger partial charge in [-0.3, -0.25) is 9.59 Å². The van der Waals surface area contributed by atoms with Crippen molar-refractivity contribution in [3.05, 3.63) is 47.6 Å². The Morgan fingerprint density at radius 3 is 2.41 bits per heavy atom. The highest BCUT2D eigenvalue weighted by molar-refractivity contribution is 5.94. The predicted octanol–water partition coefficient (Wildman–Crippen LogP) is 0.357. The molecule has 116 valence electrons. The van der Waals surface area contributed by atoms with Gasteiger partial charge in [0.25, 0.3) is 11.8 Å². The molecular formula is C15H19N4O3+. The van der Waals surface area contributed by atoms with Crippen molar-refractivity contribution in [3.63, 3.8) is 0 Å². The smallest absolute Gasteiger partial charge is 0.273 e. The van der Waals surface area contributed by atoms with E-state index in [1.165, 1.54) is 0 Å². The van der Waals surface area contributed by atoms with Crippen molar-refractivity contribution in [1.82, 2.24) is 15.8 Å². The predicted molar refractivity (Wildman–Crippen MR) is 78.1 cm³/mol. The first-order chi connectivity index (χ1) is 10.6. The number of pyridine rings is 1. The summed E-state index contributed by atoms with van der Waals surface area (Å²) < 4.78 is 6.69. The van der Waals surface area contributed by atoms with E-state index in [1.807, 2.05) is 24.0 Å². The average molecular weight is 303 g/mol. The summed E-state index contributed by atoms with van der Waals surface area (Å²) in [5, 5.41) is 9.15. The Balaban J connectivity index is 1.66. The molecule has 0 bridgehead atoms. The third-order valence-corrected chi connectivity index (χ3v) is 3.03. The molecule has 2 aromatic rings. The number of hydrogen-bond acceptors (Lipinski definition) is 4. The van der Waals surface area contributed by atoms with Gasteiger partial charge in [-0.05, 0) is 13.3 Å². The fourth-order valence-corrected chi connectivity index (χ4v) is 1.81. The summed E-state index contributed by atoms with van der Waals surface area (Å²) in [6.07, 6.45) is 4.26. The average Bonchev–Trinajstić information content (AvgIpc) is 2.94. The Morgan fingerprint density at radius 1 is 1.18 bits per heavy atom. The van der Waals surface area contributed by atoms with E-state index < -0.39 is 0 Å². The van der Waals surface area contributed by atoms with Crippen LogP contribution in [0, 0.1) is 6.92 Å². The molecule has 0 spiro atoms. The van der Waals surface area contributed by atoms with Gasteiger partial charge in [0.1, 0.15) is 12.8 Å². The summed E-state index contributed by atoms with van der Waals surface area (Å²) >= 11 is 0. The van der Waals surface area contributed by atoms with E-state index in [4.69, 9.17) is 4.52 Å². The molecule has 0 saturated heterocycles. The zero-order valence-corrected chi connectivity index (χ0v) is 12.6. The molecule has 22 heavy (non-hydrogen) atoms. The summed E-state index contributed by atoms with van der Waals surface area (Å²) in [5.41, 5.74) is 0.874. The van der Waals surface area contributed by atoms with Gasteiger partial charge in [-0.1, -0.05) is 5.16 Å². The van der Waals surface area contributed by atoms with Gasteiger partial charge in [-0.2, -0.15) is 0 Å². The maximum absolute atomic E-state index is 11.8. The molecule has 0 aliphatic carbocycles. The number of carbonyl (C=O) groups is 2. The van der Waals surface area contributed by atoms with E-state index in [-0.39, 0.29) is 17.5 Å². The van der Waals surface area contributed by atoms with E-state index in [0.717, 1.165) is 0 Å². The molecule has 2 aromatic heterocycles. The number of nitrogens with zero attached hydrogens (tertiary/aromatic N) is 2. The zero-order chi connectivity index (χ0) is 15.9. The molecule has 0 radical (unpaired) electrons. The lowest BCUT2D eigenvalue weighted by Gasteiger charge is -2.05. The number of nitrogens with one attached hydrogen (secondary N) is 2. The quantitative estimate of drug-likeness (QED) is 0.595. The number of carbonyl (C=O) groups excluding carboxylic acids is 2. The summed E-state index contributed by atoms with van der Waals surface area (Å²) in [5.74, 6) is 0.187. The van der Waals surface area contributed by atoms with Crippen LogP contribution in [0.4, 0.5) is 0 Å². The summed E-state index contributed by atoms with van der Waals surface area (Å²) in [6, 6.07) is 5.08. The van der Waals surface area contributed by atoms with Gasteiger partial charge >= 0.3 is 0 Å². The molecule has 2 rings (SSSR count). The highest BCUT2D eigenvalue weighted by Crippen LogP contribution is 2.00. The molecule has 7 nitrogen and oxygen atoms in total. The van der Waals surface area contributed by atoms with Crippen LogP contribution in [0.15, 0.2) is 35.1 Å². The zero-order valence-electron chi connectivity index (χ0n) is 12.6. The van der Waals surface area contributed by atoms with Crippen LogP contribution in [0.5, 0.6) is 0 Å². The molecule has 2 N–H and O–H groups in total. The minimum Gasteiger partial charge on any atom is -0.361 e. The number of rotatable bonds is 6. The number of hydrogen-bond donors (Lipinski definition) is 2. The van der Waals surface area contributed by atoms with Crippen molar-refractivity contribution in [3.8, 4) is 0 Å². The summed E-state index contributed by atoms with van der Waals surface area (Å²) in [7, 11) is 1.89. The van der Waals surface area contributed by atoms with Crippen molar-refractivity contribution in [2.45, 2.75) is 13.3 Å². The van der Waals surface area contributed by atoms with Crippen molar-refractivity contribution < 1.29 is 18.7 Å². The van der Waals surface area contributed by atoms with Crippen LogP contribution in [0.3, 0.4) is 0 Å². The first-order valence-corrected chi connectivity index (χ1v) is 7.01. The molecule has 0 unspecified atom stereocenters. The molecule has 2 amide bonds. The van der Waals surface area contributed by atoms with Crippen LogP contribution in [-0.2, 0) is 7.05 Å². The Morgan fingerprint density at radius 2 is 1.82 bits per heavy atom. The third-order valence-electron chi connectivity index (χ3n) is 3.03. The lowest BCUT2D eigenvalue weighted by atomic mass is 10.2. The van der Waals surface area contributed by atoms with Gasteiger partial charge < -0.3 is 15.2 Å². The Hall–Kier alpha value is -2.70. The molecule has 0 atom stereocenters. The fraction of sp³-hybridized carbons (Fsp3) is 0.333. The van der Waals surface area contributed by atoms with E-state index in [9.17, 15) is 9.59 Å². The second-order valence-corrected chi connectivity index (χ2v) is 4.94. The summed E-state index contributed by atoms with van der Waals surface area (Å²) in [4.78, 5) is 23.5. The van der Waals surface area contributed by atoms with Crippen molar-refractivity contribution in [2.75, 3.05) is 13.1 Å². The molecule has 0 saturated carbocycles. The van der Waals surface area contributed by atoms with Crippen LogP contribution in [0.2, 0.25) is 0 Å². The fourth-order valence-electron chi connectivity index (χ4n) is 1.81. The maximum atomic E-state index is 11.8. The monoisotopic (exact) mass is 303 g/mol. The van der Waals surface area contributed by atoms with E-state index >= 15 is 0 Å². The second kappa shape index (κ2) is 7.35. The first-order valence-electron chi connectivity index (χ1n) is 7.01. The van der Waals surface area contributed by atoms with Crippen molar-refractivity contribution in [2.24, 2.45) is 7.05 Å². The number of aromatic nitrogens is 2. The number of aryl methyl sites for hydroxylation is 2. The van der Waals surface area contributed by atoms with Gasteiger partial charge in [0.2, 0.25) is 0 Å². The normalized spacial score (nSPS) is 10.3. The SMILES string of the molecule is Cc1cc(C(=O)NCCCNC(=O)c2cc[n+](C)cc2)no1. The van der Waals surface area contributed by atoms with Crippen LogP contribution >= 0.6 is 0 Å². The van der Waals surface area contributed by atoms with E-state index in [2.05, 4.69) is 15.8 Å². The molecule has 0 aliphatic rings. The molecule has 0 aromatic carbocycles. The highest BCUT2D eigenvalue weighted by Gasteiger charge is 2.10. The van der Waals surface area contributed by atoms with Crippen LogP contribution in [0.25, 0.3) is 0 Å². The van der Waals surface area contributed by atoms with E-state index in [0.29, 0.717) is 30.8 Å². The topological polar surface area (TPSA) is 88.1 Å². The minimum atomic E-state index is -0.279. The minimum absolute atomic E-state index is 0.126. The largest absolute Gasteiger partial charge is 0.361 e. The van der Waals surface area contributed by atoms with Gasteiger partial charge in [0.05, 0.1) is 5.56 Å². The van der Waals surface area contributed by atoms with Crippen molar-refractivity contribution in [1.29, 1.82) is 0 Å². The van der Waals surface area contributed by atoms with Crippen LogP contribution < -0.4 is 15.2 Å². The Labute approximate surface area is 128 Å². The maximum Gasteiger partial charge on any atom is 0.273 e. The van der Waals surface area contributed by atoms with Gasteiger partial charge in [0.15, 0.2) is 18.1 Å². The summed E-state index contributed by atoms with van der Waals surface area (Å²) in [6.45, 7) is 2.66. The van der Waals surface area contributed by atoms with Crippen LogP contribution in [0.1, 0.15) is 33.0 Å². The molecular weight excluding hydrogens is 284 g/mol. The molecule has 2 heterocycles.